The summed E-state index contributed by atoms with van der Waals surface area (Å²) in [5.74, 6) is -0.995. The monoisotopic (exact) mass is 268 g/mol. The number of hydrogen-bond donors (Lipinski definition) is 1. The lowest BCUT2D eigenvalue weighted by Crippen LogP contribution is -2.51. The van der Waals surface area contributed by atoms with Crippen molar-refractivity contribution in [2.24, 2.45) is 13.0 Å². The van der Waals surface area contributed by atoms with Crippen LogP contribution < -0.4 is 4.90 Å². The predicted molar refractivity (Wildman–Crippen MR) is 67.3 cm³/mol. The third-order valence-corrected chi connectivity index (χ3v) is 3.28. The molecule has 8 heteroatoms. The van der Waals surface area contributed by atoms with Crippen LogP contribution in [0.2, 0.25) is 0 Å². The van der Waals surface area contributed by atoms with Crippen molar-refractivity contribution in [1.29, 1.82) is 0 Å². The largest absolute Gasteiger partial charge is 0.481 e. The van der Waals surface area contributed by atoms with Crippen LogP contribution in [-0.2, 0) is 11.8 Å². The Morgan fingerprint density at radius 3 is 2.53 bits per heavy atom. The molecule has 1 saturated heterocycles. The van der Waals surface area contributed by atoms with Crippen molar-refractivity contribution in [2.45, 2.75) is 19.8 Å². The number of anilines is 1. The molecule has 19 heavy (non-hydrogen) atoms. The topological polar surface area (TPSA) is 102 Å². The number of nitrogens with zero attached hydrogens (tertiary/aromatic N) is 4. The third kappa shape index (κ3) is 2.13. The fourth-order valence-electron chi connectivity index (χ4n) is 2.25. The van der Waals surface area contributed by atoms with Gasteiger partial charge in [0.2, 0.25) is 5.82 Å². The van der Waals surface area contributed by atoms with E-state index in [0.717, 1.165) is 0 Å². The molecule has 0 spiro atoms. The summed E-state index contributed by atoms with van der Waals surface area (Å²) in [4.78, 5) is 23.3. The van der Waals surface area contributed by atoms with Gasteiger partial charge in [0, 0.05) is 26.1 Å². The number of aromatic nitrogens is 2. The molecule has 0 amide bonds. The maximum absolute atomic E-state index is 11.2. The standard InChI is InChI=1S/C11H16N4O4/c1-6(2)8-9(15(18)19)10(13(3)12-8)14-4-7(5-14)11(16)17/h6-7H,4-5H2,1-3H3,(H,16,17). The van der Waals surface area contributed by atoms with Crippen molar-refractivity contribution in [3.8, 4) is 0 Å². The second kappa shape index (κ2) is 4.52. The molecule has 1 fully saturated rings. The van der Waals surface area contributed by atoms with Crippen LogP contribution in [0.3, 0.4) is 0 Å². The molecule has 1 aliphatic rings. The van der Waals surface area contributed by atoms with Gasteiger partial charge >= 0.3 is 11.7 Å². The Morgan fingerprint density at radius 2 is 2.11 bits per heavy atom. The molecule has 2 rings (SSSR count). The average Bonchev–Trinajstić information content (AvgIpc) is 2.54. The summed E-state index contributed by atoms with van der Waals surface area (Å²) >= 11 is 0. The van der Waals surface area contributed by atoms with E-state index in [-0.39, 0.29) is 24.7 Å². The van der Waals surface area contributed by atoms with Gasteiger partial charge < -0.3 is 10.0 Å². The van der Waals surface area contributed by atoms with E-state index in [1.54, 1.807) is 11.9 Å². The first-order valence-corrected chi connectivity index (χ1v) is 6.02. The van der Waals surface area contributed by atoms with E-state index in [9.17, 15) is 14.9 Å². The highest BCUT2D eigenvalue weighted by Gasteiger charge is 2.40. The van der Waals surface area contributed by atoms with Crippen LogP contribution in [0.5, 0.6) is 0 Å². The van der Waals surface area contributed by atoms with E-state index in [0.29, 0.717) is 11.5 Å². The Balaban J connectivity index is 2.36. The Bertz CT molecular complexity index is 531. The molecule has 0 aliphatic carbocycles. The van der Waals surface area contributed by atoms with Gasteiger partial charge in [0.05, 0.1) is 10.8 Å². The normalized spacial score (nSPS) is 15.7. The molecular formula is C11H16N4O4. The Kier molecular flexibility index (Phi) is 3.17. The SMILES string of the molecule is CC(C)c1nn(C)c(N2CC(C(=O)O)C2)c1[N+](=O)[O-]. The third-order valence-electron chi connectivity index (χ3n) is 3.28. The smallest absolute Gasteiger partial charge is 0.334 e. The van der Waals surface area contributed by atoms with Crippen LogP contribution in [-0.4, -0.2) is 38.9 Å². The van der Waals surface area contributed by atoms with E-state index in [2.05, 4.69) is 5.10 Å². The van der Waals surface area contributed by atoms with Gasteiger partial charge in [-0.3, -0.25) is 14.9 Å². The van der Waals surface area contributed by atoms with E-state index in [1.807, 2.05) is 13.8 Å². The number of carboxylic acids is 1. The molecule has 1 aliphatic heterocycles. The van der Waals surface area contributed by atoms with Gasteiger partial charge in [-0.1, -0.05) is 13.8 Å². The van der Waals surface area contributed by atoms with Crippen LogP contribution >= 0.6 is 0 Å². The summed E-state index contributed by atoms with van der Waals surface area (Å²) in [7, 11) is 1.64. The molecule has 1 aromatic heterocycles. The minimum absolute atomic E-state index is 0.0126. The number of aryl methyl sites for hydroxylation is 1. The minimum atomic E-state index is -0.870. The molecule has 0 radical (unpaired) electrons. The molecule has 1 aromatic rings. The zero-order chi connectivity index (χ0) is 14.3. The number of aliphatic carboxylic acids is 1. The number of nitro groups is 1. The molecule has 0 bridgehead atoms. The molecule has 0 aromatic carbocycles. The summed E-state index contributed by atoms with van der Waals surface area (Å²) in [6, 6.07) is 0. The number of hydrogen-bond acceptors (Lipinski definition) is 5. The van der Waals surface area contributed by atoms with Crippen molar-refractivity contribution >= 4 is 17.5 Å². The molecule has 8 nitrogen and oxygen atoms in total. The number of rotatable bonds is 4. The number of carboxylic acid groups (broad SMARTS) is 1. The summed E-state index contributed by atoms with van der Waals surface area (Å²) in [6.07, 6.45) is 0. The van der Waals surface area contributed by atoms with Crippen molar-refractivity contribution in [3.05, 3.63) is 15.8 Å². The lowest BCUT2D eigenvalue weighted by Gasteiger charge is -2.37. The van der Waals surface area contributed by atoms with E-state index < -0.39 is 16.8 Å². The first-order chi connectivity index (χ1) is 8.82. The van der Waals surface area contributed by atoms with Crippen LogP contribution in [0.25, 0.3) is 0 Å². The highest BCUT2D eigenvalue weighted by Crippen LogP contribution is 2.38. The zero-order valence-electron chi connectivity index (χ0n) is 11.0. The van der Waals surface area contributed by atoms with Crippen molar-refractivity contribution in [1.82, 2.24) is 9.78 Å². The molecule has 104 valence electrons. The van der Waals surface area contributed by atoms with Crippen LogP contribution in [0.15, 0.2) is 0 Å². The fourth-order valence-corrected chi connectivity index (χ4v) is 2.25. The maximum Gasteiger partial charge on any atom is 0.334 e. The predicted octanol–water partition coefficient (Wildman–Crippen LogP) is 0.973. The lowest BCUT2D eigenvalue weighted by atomic mass is 10.00. The molecule has 1 N–H and O–H groups in total. The zero-order valence-corrected chi connectivity index (χ0v) is 11.0. The second-order valence-electron chi connectivity index (χ2n) is 5.03. The van der Waals surface area contributed by atoms with Gasteiger partial charge in [-0.25, -0.2) is 4.68 Å². The quantitative estimate of drug-likeness (QED) is 0.645. The van der Waals surface area contributed by atoms with Crippen LogP contribution in [0.4, 0.5) is 11.5 Å². The first kappa shape index (κ1) is 13.3. The molecular weight excluding hydrogens is 252 g/mol. The Labute approximate surface area is 109 Å². The molecule has 2 heterocycles. The summed E-state index contributed by atoms with van der Waals surface area (Å²) in [6.45, 7) is 4.25. The summed E-state index contributed by atoms with van der Waals surface area (Å²) < 4.78 is 1.46. The van der Waals surface area contributed by atoms with Crippen LogP contribution in [0, 0.1) is 16.0 Å². The van der Waals surface area contributed by atoms with Crippen molar-refractivity contribution < 1.29 is 14.8 Å². The second-order valence-corrected chi connectivity index (χ2v) is 5.03. The highest BCUT2D eigenvalue weighted by molar-refractivity contribution is 5.75. The van der Waals surface area contributed by atoms with Crippen LogP contribution in [0.1, 0.15) is 25.5 Å². The average molecular weight is 268 g/mol. The van der Waals surface area contributed by atoms with Gasteiger partial charge in [-0.2, -0.15) is 5.10 Å². The Morgan fingerprint density at radius 1 is 1.53 bits per heavy atom. The summed E-state index contributed by atoms with van der Waals surface area (Å²) in [5.41, 5.74) is 0.419. The molecule has 0 atom stereocenters. The summed E-state index contributed by atoms with van der Waals surface area (Å²) in [5, 5.41) is 24.3. The van der Waals surface area contributed by atoms with Gasteiger partial charge in [-0.15, -0.1) is 0 Å². The van der Waals surface area contributed by atoms with Crippen molar-refractivity contribution in [2.75, 3.05) is 18.0 Å². The fraction of sp³-hybridized carbons (Fsp3) is 0.636. The van der Waals surface area contributed by atoms with Gasteiger partial charge in [0.1, 0.15) is 5.69 Å². The maximum atomic E-state index is 11.2. The van der Waals surface area contributed by atoms with Crippen molar-refractivity contribution in [3.63, 3.8) is 0 Å². The first-order valence-electron chi connectivity index (χ1n) is 6.02. The molecule has 0 saturated carbocycles. The van der Waals surface area contributed by atoms with Gasteiger partial charge in [0.15, 0.2) is 0 Å². The van der Waals surface area contributed by atoms with E-state index in [1.165, 1.54) is 4.68 Å². The van der Waals surface area contributed by atoms with Gasteiger partial charge in [-0.05, 0) is 0 Å². The highest BCUT2D eigenvalue weighted by atomic mass is 16.6. The number of carbonyl (C=O) groups is 1. The van der Waals surface area contributed by atoms with E-state index >= 15 is 0 Å². The van der Waals surface area contributed by atoms with Gasteiger partial charge in [0.25, 0.3) is 0 Å². The lowest BCUT2D eigenvalue weighted by molar-refractivity contribution is -0.385. The van der Waals surface area contributed by atoms with E-state index in [4.69, 9.17) is 5.11 Å². The molecule has 0 unspecified atom stereocenters. The minimum Gasteiger partial charge on any atom is -0.481 e. The Hall–Kier alpha value is -2.12.